The Labute approximate surface area is 149 Å². The van der Waals surface area contributed by atoms with Crippen LogP contribution in [0.15, 0.2) is 0 Å². The molecule has 4 heteroatoms. The predicted molar refractivity (Wildman–Crippen MR) is 100 cm³/mol. The fourth-order valence-corrected chi connectivity index (χ4v) is 2.83. The van der Waals surface area contributed by atoms with Gasteiger partial charge in [0.15, 0.2) is 0 Å². The van der Waals surface area contributed by atoms with Crippen LogP contribution in [-0.4, -0.2) is 35.0 Å². The van der Waals surface area contributed by atoms with E-state index in [0.717, 1.165) is 70.9 Å². The van der Waals surface area contributed by atoms with E-state index in [4.69, 9.17) is 5.11 Å². The number of carbonyl (C=O) groups is 2. The second-order valence-electron chi connectivity index (χ2n) is 6.81. The zero-order valence-corrected chi connectivity index (χ0v) is 16.0. The molecule has 0 aromatic carbocycles. The van der Waals surface area contributed by atoms with E-state index in [9.17, 15) is 9.59 Å². The van der Waals surface area contributed by atoms with Crippen molar-refractivity contribution in [2.24, 2.45) is 0 Å². The number of carboxylic acid groups (broad SMARTS) is 1. The van der Waals surface area contributed by atoms with Gasteiger partial charge in [-0.2, -0.15) is 0 Å². The largest absolute Gasteiger partial charge is 0.481 e. The topological polar surface area (TPSA) is 57.6 Å². The molecule has 0 fully saturated rings. The molecule has 0 saturated carbocycles. The standard InChI is InChI=1S/C20H39NO3/c1-3-5-17-21(18-6-4-2)19(22)15-13-11-9-7-8-10-12-14-16-20(23)24/h3-18H2,1-2H3,(H,23,24). The molecular formula is C20H39NO3. The number of aliphatic carboxylic acids is 1. The number of carboxylic acids is 1. The smallest absolute Gasteiger partial charge is 0.303 e. The van der Waals surface area contributed by atoms with Gasteiger partial charge in [0.25, 0.3) is 0 Å². The van der Waals surface area contributed by atoms with Crippen LogP contribution < -0.4 is 0 Å². The van der Waals surface area contributed by atoms with Gasteiger partial charge in [-0.25, -0.2) is 0 Å². The maximum atomic E-state index is 12.3. The molecule has 1 N–H and O–H groups in total. The monoisotopic (exact) mass is 341 g/mol. The van der Waals surface area contributed by atoms with Crippen LogP contribution in [-0.2, 0) is 9.59 Å². The summed E-state index contributed by atoms with van der Waals surface area (Å²) in [5, 5.41) is 8.56. The van der Waals surface area contributed by atoms with E-state index >= 15 is 0 Å². The van der Waals surface area contributed by atoms with Crippen molar-refractivity contribution in [3.8, 4) is 0 Å². The highest BCUT2D eigenvalue weighted by molar-refractivity contribution is 5.76. The molecule has 0 aliphatic carbocycles. The molecule has 0 aliphatic heterocycles. The molecule has 24 heavy (non-hydrogen) atoms. The summed E-state index contributed by atoms with van der Waals surface area (Å²) in [7, 11) is 0. The molecule has 0 radical (unpaired) electrons. The first-order valence-electron chi connectivity index (χ1n) is 10.1. The van der Waals surface area contributed by atoms with Crippen LogP contribution in [0.3, 0.4) is 0 Å². The number of carbonyl (C=O) groups excluding carboxylic acids is 1. The van der Waals surface area contributed by atoms with Crippen LogP contribution in [0.2, 0.25) is 0 Å². The van der Waals surface area contributed by atoms with Crippen molar-refractivity contribution >= 4 is 11.9 Å². The van der Waals surface area contributed by atoms with Gasteiger partial charge in [0, 0.05) is 25.9 Å². The number of rotatable bonds is 17. The van der Waals surface area contributed by atoms with Gasteiger partial charge in [0.05, 0.1) is 0 Å². The molecule has 142 valence electrons. The molecule has 0 bridgehead atoms. The molecule has 0 rings (SSSR count). The van der Waals surface area contributed by atoms with Crippen LogP contribution in [0.1, 0.15) is 104 Å². The Kier molecular flexibility index (Phi) is 16.0. The van der Waals surface area contributed by atoms with E-state index in [1.807, 2.05) is 0 Å². The summed E-state index contributed by atoms with van der Waals surface area (Å²) in [5.74, 6) is -0.350. The molecule has 0 aromatic heterocycles. The van der Waals surface area contributed by atoms with E-state index in [2.05, 4.69) is 18.7 Å². The molecule has 4 nitrogen and oxygen atoms in total. The maximum absolute atomic E-state index is 12.3. The van der Waals surface area contributed by atoms with Crippen molar-refractivity contribution in [1.29, 1.82) is 0 Å². The fraction of sp³-hybridized carbons (Fsp3) is 0.900. The molecule has 0 aromatic rings. The molecular weight excluding hydrogens is 302 g/mol. The minimum Gasteiger partial charge on any atom is -0.481 e. The van der Waals surface area contributed by atoms with Gasteiger partial charge < -0.3 is 10.0 Å². The number of hydrogen-bond donors (Lipinski definition) is 1. The Hall–Kier alpha value is -1.06. The normalized spacial score (nSPS) is 10.8. The average molecular weight is 342 g/mol. The van der Waals surface area contributed by atoms with E-state index in [0.29, 0.717) is 18.7 Å². The second-order valence-corrected chi connectivity index (χ2v) is 6.81. The quantitative estimate of drug-likeness (QED) is 0.360. The third kappa shape index (κ3) is 14.5. The summed E-state index contributed by atoms with van der Waals surface area (Å²) in [6.45, 7) is 6.19. The summed E-state index contributed by atoms with van der Waals surface area (Å²) in [6.07, 6.45) is 14.2. The Bertz CT molecular complexity index is 310. The van der Waals surface area contributed by atoms with Gasteiger partial charge in [-0.15, -0.1) is 0 Å². The number of hydrogen-bond acceptors (Lipinski definition) is 2. The molecule has 0 aliphatic rings. The number of amides is 1. The van der Waals surface area contributed by atoms with Crippen LogP contribution in [0.25, 0.3) is 0 Å². The summed E-state index contributed by atoms with van der Waals surface area (Å²) in [5.41, 5.74) is 0. The Morgan fingerprint density at radius 3 is 1.50 bits per heavy atom. The zero-order chi connectivity index (χ0) is 18.0. The van der Waals surface area contributed by atoms with E-state index in [1.165, 1.54) is 19.3 Å². The van der Waals surface area contributed by atoms with Gasteiger partial charge in [-0.3, -0.25) is 9.59 Å². The lowest BCUT2D eigenvalue weighted by molar-refractivity contribution is -0.137. The fourth-order valence-electron chi connectivity index (χ4n) is 2.83. The lowest BCUT2D eigenvalue weighted by Crippen LogP contribution is -2.32. The Morgan fingerprint density at radius 2 is 1.08 bits per heavy atom. The maximum Gasteiger partial charge on any atom is 0.303 e. The average Bonchev–Trinajstić information content (AvgIpc) is 2.56. The second kappa shape index (κ2) is 16.8. The molecule has 1 amide bonds. The molecule has 0 atom stereocenters. The van der Waals surface area contributed by atoms with Crippen LogP contribution in [0, 0.1) is 0 Å². The molecule has 0 saturated heterocycles. The highest BCUT2D eigenvalue weighted by atomic mass is 16.4. The minimum absolute atomic E-state index is 0.300. The first-order valence-corrected chi connectivity index (χ1v) is 10.1. The van der Waals surface area contributed by atoms with E-state index < -0.39 is 5.97 Å². The van der Waals surface area contributed by atoms with Gasteiger partial charge in [0.2, 0.25) is 5.91 Å². The predicted octanol–water partition coefficient (Wildman–Crippen LogP) is 5.40. The highest BCUT2D eigenvalue weighted by Crippen LogP contribution is 2.12. The van der Waals surface area contributed by atoms with Crippen LogP contribution in [0.4, 0.5) is 0 Å². The van der Waals surface area contributed by atoms with Crippen LogP contribution >= 0.6 is 0 Å². The summed E-state index contributed by atoms with van der Waals surface area (Å²) >= 11 is 0. The van der Waals surface area contributed by atoms with Crippen LogP contribution in [0.5, 0.6) is 0 Å². The Morgan fingerprint density at radius 1 is 0.667 bits per heavy atom. The number of nitrogens with zero attached hydrogens (tertiary/aromatic N) is 1. The van der Waals surface area contributed by atoms with Crippen molar-refractivity contribution in [2.75, 3.05) is 13.1 Å². The summed E-state index contributed by atoms with van der Waals surface area (Å²) in [4.78, 5) is 24.8. The number of unbranched alkanes of at least 4 members (excludes halogenated alkanes) is 9. The lowest BCUT2D eigenvalue weighted by atomic mass is 10.1. The first-order chi connectivity index (χ1) is 11.6. The zero-order valence-electron chi connectivity index (χ0n) is 16.0. The van der Waals surface area contributed by atoms with Gasteiger partial charge in [-0.1, -0.05) is 65.2 Å². The van der Waals surface area contributed by atoms with E-state index in [1.54, 1.807) is 0 Å². The SMILES string of the molecule is CCCCN(CCCC)C(=O)CCCCCCCCCCC(=O)O. The van der Waals surface area contributed by atoms with Crippen molar-refractivity contribution in [3.05, 3.63) is 0 Å². The van der Waals surface area contributed by atoms with Gasteiger partial charge in [0.1, 0.15) is 0 Å². The van der Waals surface area contributed by atoms with Crippen molar-refractivity contribution < 1.29 is 14.7 Å². The summed E-state index contributed by atoms with van der Waals surface area (Å²) < 4.78 is 0. The van der Waals surface area contributed by atoms with E-state index in [-0.39, 0.29) is 0 Å². The van der Waals surface area contributed by atoms with Crippen molar-refractivity contribution in [3.63, 3.8) is 0 Å². The van der Waals surface area contributed by atoms with Crippen molar-refractivity contribution in [2.45, 2.75) is 104 Å². The summed E-state index contributed by atoms with van der Waals surface area (Å²) in [6, 6.07) is 0. The first kappa shape index (κ1) is 22.9. The molecule has 0 heterocycles. The third-order valence-corrected chi connectivity index (χ3v) is 4.45. The molecule has 0 unspecified atom stereocenters. The van der Waals surface area contributed by atoms with Gasteiger partial charge >= 0.3 is 5.97 Å². The third-order valence-electron chi connectivity index (χ3n) is 4.45. The lowest BCUT2D eigenvalue weighted by Gasteiger charge is -2.22. The molecule has 0 spiro atoms. The van der Waals surface area contributed by atoms with Crippen molar-refractivity contribution in [1.82, 2.24) is 4.90 Å². The highest BCUT2D eigenvalue weighted by Gasteiger charge is 2.11. The Balaban J connectivity index is 3.58. The minimum atomic E-state index is -0.688. The van der Waals surface area contributed by atoms with Gasteiger partial charge in [-0.05, 0) is 25.7 Å².